The van der Waals surface area contributed by atoms with Crippen LogP contribution in [0.25, 0.3) is 0 Å². The maximum Gasteiger partial charge on any atom is 0.336 e. The Balaban J connectivity index is 3.17. The number of carboxylic acids is 1. The molecule has 4 nitrogen and oxygen atoms in total. The molecule has 0 unspecified atom stereocenters. The summed E-state index contributed by atoms with van der Waals surface area (Å²) in [6.45, 7) is 4.08. The summed E-state index contributed by atoms with van der Waals surface area (Å²) in [6.07, 6.45) is 1.06. The van der Waals surface area contributed by atoms with Gasteiger partial charge in [-0.1, -0.05) is 13.8 Å². The second-order valence-electron chi connectivity index (χ2n) is 4.44. The molecule has 0 aliphatic heterocycles. The van der Waals surface area contributed by atoms with Gasteiger partial charge in [-0.05, 0) is 24.1 Å². The fourth-order valence-corrected chi connectivity index (χ4v) is 2.92. The average Bonchev–Trinajstić information content (AvgIpc) is 2.24. The van der Waals surface area contributed by atoms with Crippen molar-refractivity contribution in [2.75, 3.05) is 12.0 Å². The fourth-order valence-electron chi connectivity index (χ4n) is 1.29. The molecule has 6 heteroatoms. The first-order chi connectivity index (χ1) is 8.21. The summed E-state index contributed by atoms with van der Waals surface area (Å²) in [5.74, 6) is 0.122. The lowest BCUT2D eigenvalue weighted by Gasteiger charge is -2.09. The molecule has 18 heavy (non-hydrogen) atoms. The van der Waals surface area contributed by atoms with Gasteiger partial charge in [-0.25, -0.2) is 13.2 Å². The van der Waals surface area contributed by atoms with Crippen molar-refractivity contribution in [3.8, 4) is 0 Å². The lowest BCUT2D eigenvalue weighted by molar-refractivity contribution is 0.0693. The molecule has 0 aromatic heterocycles. The summed E-state index contributed by atoms with van der Waals surface area (Å²) in [7, 11) is -3.38. The Hall–Kier alpha value is -1.01. The van der Waals surface area contributed by atoms with E-state index in [0.29, 0.717) is 10.8 Å². The van der Waals surface area contributed by atoms with E-state index in [-0.39, 0.29) is 10.5 Å². The zero-order chi connectivity index (χ0) is 13.9. The van der Waals surface area contributed by atoms with Gasteiger partial charge in [-0.2, -0.15) is 0 Å². The predicted octanol–water partition coefficient (Wildman–Crippen LogP) is 2.54. The molecule has 0 bridgehead atoms. The van der Waals surface area contributed by atoms with E-state index in [4.69, 9.17) is 5.11 Å². The van der Waals surface area contributed by atoms with Crippen LogP contribution in [0.5, 0.6) is 0 Å². The van der Waals surface area contributed by atoms with Crippen LogP contribution in [0.2, 0.25) is 0 Å². The van der Waals surface area contributed by atoms with Gasteiger partial charge in [0.05, 0.1) is 10.5 Å². The van der Waals surface area contributed by atoms with Crippen LogP contribution in [0.1, 0.15) is 24.2 Å². The number of benzene rings is 1. The van der Waals surface area contributed by atoms with Gasteiger partial charge in [-0.15, -0.1) is 11.8 Å². The molecular weight excluding hydrogens is 272 g/mol. The van der Waals surface area contributed by atoms with Crippen molar-refractivity contribution in [3.63, 3.8) is 0 Å². The van der Waals surface area contributed by atoms with Crippen LogP contribution in [0, 0.1) is 5.92 Å². The summed E-state index contributed by atoms with van der Waals surface area (Å²) in [5.41, 5.74) is 0.0450. The van der Waals surface area contributed by atoms with Crippen LogP contribution in [0.4, 0.5) is 0 Å². The SMILES string of the molecule is CC(C)CSc1ccc(S(C)(=O)=O)cc1C(=O)O. The van der Waals surface area contributed by atoms with Crippen LogP contribution in [0.3, 0.4) is 0 Å². The molecule has 0 atom stereocenters. The minimum atomic E-state index is -3.38. The quantitative estimate of drug-likeness (QED) is 0.843. The molecule has 1 aromatic carbocycles. The third-order valence-corrected chi connectivity index (χ3v) is 4.79. The van der Waals surface area contributed by atoms with Gasteiger partial charge in [0.2, 0.25) is 0 Å². The number of rotatable bonds is 5. The third kappa shape index (κ3) is 4.03. The van der Waals surface area contributed by atoms with Crippen molar-refractivity contribution in [1.29, 1.82) is 0 Å². The van der Waals surface area contributed by atoms with E-state index < -0.39 is 15.8 Å². The highest BCUT2D eigenvalue weighted by Gasteiger charge is 2.16. The van der Waals surface area contributed by atoms with Crippen molar-refractivity contribution in [3.05, 3.63) is 23.8 Å². The summed E-state index contributed by atoms with van der Waals surface area (Å²) >= 11 is 1.43. The van der Waals surface area contributed by atoms with E-state index in [1.165, 1.54) is 23.9 Å². The third-order valence-electron chi connectivity index (χ3n) is 2.18. The van der Waals surface area contributed by atoms with Gasteiger partial charge in [0.15, 0.2) is 9.84 Å². The van der Waals surface area contributed by atoms with E-state index in [1.54, 1.807) is 6.07 Å². The molecule has 0 saturated heterocycles. The molecule has 0 fully saturated rings. The monoisotopic (exact) mass is 288 g/mol. The highest BCUT2D eigenvalue weighted by molar-refractivity contribution is 7.99. The fraction of sp³-hybridized carbons (Fsp3) is 0.417. The first kappa shape index (κ1) is 15.0. The molecule has 0 radical (unpaired) electrons. The molecule has 0 amide bonds. The van der Waals surface area contributed by atoms with Crippen molar-refractivity contribution in [1.82, 2.24) is 0 Å². The molecule has 0 aliphatic rings. The van der Waals surface area contributed by atoms with Gasteiger partial charge < -0.3 is 5.11 Å². The number of carboxylic acid groups (broad SMARTS) is 1. The van der Waals surface area contributed by atoms with Crippen LogP contribution >= 0.6 is 11.8 Å². The molecule has 0 spiro atoms. The minimum Gasteiger partial charge on any atom is -0.478 e. The molecule has 1 rings (SSSR count). The van der Waals surface area contributed by atoms with Crippen LogP contribution in [-0.4, -0.2) is 31.5 Å². The van der Waals surface area contributed by atoms with Crippen molar-refractivity contribution in [2.45, 2.75) is 23.6 Å². The number of hydrogen-bond acceptors (Lipinski definition) is 4. The van der Waals surface area contributed by atoms with Gasteiger partial charge in [0.1, 0.15) is 0 Å². The average molecular weight is 288 g/mol. The molecular formula is C12H16O4S2. The Bertz CT molecular complexity index is 547. The zero-order valence-electron chi connectivity index (χ0n) is 10.5. The van der Waals surface area contributed by atoms with Gasteiger partial charge in [-0.3, -0.25) is 0 Å². The second-order valence-corrected chi connectivity index (χ2v) is 7.52. The number of aromatic carboxylic acids is 1. The van der Waals surface area contributed by atoms with E-state index in [9.17, 15) is 13.2 Å². The summed E-state index contributed by atoms with van der Waals surface area (Å²) in [6, 6.07) is 4.23. The number of carbonyl (C=O) groups is 1. The Morgan fingerprint density at radius 3 is 2.44 bits per heavy atom. The van der Waals surface area contributed by atoms with E-state index in [1.807, 2.05) is 13.8 Å². The Kier molecular flexibility index (Phi) is 4.81. The van der Waals surface area contributed by atoms with Crippen LogP contribution in [-0.2, 0) is 9.84 Å². The van der Waals surface area contributed by atoms with Gasteiger partial charge in [0.25, 0.3) is 0 Å². The standard InChI is InChI=1S/C12H16O4S2/c1-8(2)7-17-11-5-4-9(18(3,15)16)6-10(11)12(13)14/h4-6,8H,7H2,1-3H3,(H,13,14). The van der Waals surface area contributed by atoms with Crippen molar-refractivity contribution in [2.24, 2.45) is 5.92 Å². The minimum absolute atomic E-state index is 0.0359. The summed E-state index contributed by atoms with van der Waals surface area (Å²) in [4.78, 5) is 11.8. The summed E-state index contributed by atoms with van der Waals surface area (Å²) in [5, 5.41) is 9.11. The largest absolute Gasteiger partial charge is 0.478 e. The van der Waals surface area contributed by atoms with E-state index in [2.05, 4.69) is 0 Å². The lowest BCUT2D eigenvalue weighted by Crippen LogP contribution is -2.04. The summed E-state index contributed by atoms with van der Waals surface area (Å²) < 4.78 is 22.8. The predicted molar refractivity (Wildman–Crippen MR) is 72.1 cm³/mol. The maximum absolute atomic E-state index is 11.4. The first-order valence-corrected chi connectivity index (χ1v) is 8.29. The molecule has 0 heterocycles. The molecule has 1 aromatic rings. The molecule has 100 valence electrons. The number of hydrogen-bond donors (Lipinski definition) is 1. The first-order valence-electron chi connectivity index (χ1n) is 5.42. The Morgan fingerprint density at radius 1 is 1.39 bits per heavy atom. The molecule has 1 N–H and O–H groups in total. The normalized spacial score (nSPS) is 11.8. The lowest BCUT2D eigenvalue weighted by atomic mass is 10.2. The van der Waals surface area contributed by atoms with Crippen molar-refractivity contribution < 1.29 is 18.3 Å². The van der Waals surface area contributed by atoms with E-state index in [0.717, 1.165) is 12.0 Å². The smallest absolute Gasteiger partial charge is 0.336 e. The van der Waals surface area contributed by atoms with E-state index >= 15 is 0 Å². The zero-order valence-corrected chi connectivity index (χ0v) is 12.1. The van der Waals surface area contributed by atoms with Crippen LogP contribution < -0.4 is 0 Å². The highest BCUT2D eigenvalue weighted by Crippen LogP contribution is 2.27. The highest BCUT2D eigenvalue weighted by atomic mass is 32.2. The van der Waals surface area contributed by atoms with Crippen molar-refractivity contribution >= 4 is 27.6 Å². The Labute approximate surface area is 111 Å². The molecule has 0 saturated carbocycles. The number of sulfone groups is 1. The second kappa shape index (κ2) is 5.75. The molecule has 0 aliphatic carbocycles. The van der Waals surface area contributed by atoms with Crippen LogP contribution in [0.15, 0.2) is 28.0 Å². The maximum atomic E-state index is 11.4. The Morgan fingerprint density at radius 2 is 2.00 bits per heavy atom. The topological polar surface area (TPSA) is 71.4 Å². The number of thioether (sulfide) groups is 1. The van der Waals surface area contributed by atoms with Gasteiger partial charge >= 0.3 is 5.97 Å². The van der Waals surface area contributed by atoms with Gasteiger partial charge in [0, 0.05) is 16.9 Å².